The fraction of sp³-hybridized carbons (Fsp3) is 0.700. The summed E-state index contributed by atoms with van der Waals surface area (Å²) in [5.41, 5.74) is -1.43. The molecular weight excluding hydrogens is 290 g/mol. The number of hydrogen-bond donors (Lipinski definition) is 2. The first-order valence-corrected chi connectivity index (χ1v) is 7.19. The molecule has 0 aromatic heterocycles. The maximum atomic E-state index is 12.3. The summed E-state index contributed by atoms with van der Waals surface area (Å²) in [5.74, 6) is -2.58. The van der Waals surface area contributed by atoms with Crippen LogP contribution in [0.1, 0.15) is 20.3 Å². The van der Waals surface area contributed by atoms with Gasteiger partial charge in [0.1, 0.15) is 5.54 Å². The van der Waals surface area contributed by atoms with Crippen LogP contribution in [0.15, 0.2) is 0 Å². The maximum absolute atomic E-state index is 12.3. The fourth-order valence-electron chi connectivity index (χ4n) is 1.67. The Morgan fingerprint density at radius 3 is 2.50 bits per heavy atom. The number of imide groups is 1. The largest absolute Gasteiger partial charge is 0.481 e. The van der Waals surface area contributed by atoms with Crippen LogP contribution in [-0.4, -0.2) is 65.6 Å². The summed E-state index contributed by atoms with van der Waals surface area (Å²) in [6.45, 7) is 2.01. The molecule has 0 spiro atoms. The van der Waals surface area contributed by atoms with Crippen molar-refractivity contribution in [3.05, 3.63) is 0 Å². The molecule has 0 atom stereocenters. The Morgan fingerprint density at radius 2 is 2.00 bits per heavy atom. The lowest BCUT2D eigenvalue weighted by Crippen LogP contribution is -2.67. The first kappa shape index (κ1) is 16.5. The SMILES string of the molecule is CN(CCC(=O)O)S(=O)(=O)N1CC(=O)NC(=O)C1(C)C. The molecule has 0 saturated carbocycles. The highest BCUT2D eigenvalue weighted by Gasteiger charge is 2.48. The zero-order valence-corrected chi connectivity index (χ0v) is 12.2. The van der Waals surface area contributed by atoms with Gasteiger partial charge in [-0.2, -0.15) is 17.0 Å². The average molecular weight is 307 g/mol. The molecule has 0 radical (unpaired) electrons. The second-order valence-corrected chi connectivity index (χ2v) is 6.88. The fourth-order valence-corrected chi connectivity index (χ4v) is 3.27. The van der Waals surface area contributed by atoms with Crippen LogP contribution in [0.4, 0.5) is 0 Å². The third-order valence-corrected chi connectivity index (χ3v) is 5.15. The van der Waals surface area contributed by atoms with Crippen LogP contribution in [0.25, 0.3) is 0 Å². The first-order valence-electron chi connectivity index (χ1n) is 5.79. The Labute approximate surface area is 116 Å². The molecule has 0 bridgehead atoms. The molecule has 9 nitrogen and oxygen atoms in total. The normalized spacial score (nSPS) is 20.0. The number of hydrogen-bond acceptors (Lipinski definition) is 5. The highest BCUT2D eigenvalue weighted by molar-refractivity contribution is 7.86. The lowest BCUT2D eigenvalue weighted by Gasteiger charge is -2.40. The molecule has 1 aliphatic rings. The van der Waals surface area contributed by atoms with Crippen LogP contribution in [0.3, 0.4) is 0 Å². The minimum atomic E-state index is -4.11. The number of carbonyl (C=O) groups is 3. The van der Waals surface area contributed by atoms with Gasteiger partial charge in [0.05, 0.1) is 13.0 Å². The van der Waals surface area contributed by atoms with E-state index in [0.29, 0.717) is 0 Å². The zero-order chi connectivity index (χ0) is 15.7. The number of rotatable bonds is 5. The number of aliphatic carboxylic acids is 1. The number of carboxylic acids is 1. The summed E-state index contributed by atoms with van der Waals surface area (Å²) in [4.78, 5) is 33.6. The topological polar surface area (TPSA) is 124 Å². The molecule has 2 amide bonds. The summed E-state index contributed by atoms with van der Waals surface area (Å²) in [5, 5.41) is 10.6. The van der Waals surface area contributed by atoms with Crippen LogP contribution in [0, 0.1) is 0 Å². The molecule has 1 fully saturated rings. The van der Waals surface area contributed by atoms with Gasteiger partial charge >= 0.3 is 5.97 Å². The van der Waals surface area contributed by atoms with Gasteiger partial charge in [0, 0.05) is 13.6 Å². The quantitative estimate of drug-likeness (QED) is 0.588. The second-order valence-electron chi connectivity index (χ2n) is 4.92. The maximum Gasteiger partial charge on any atom is 0.304 e. The van der Waals surface area contributed by atoms with Crippen molar-refractivity contribution in [3.63, 3.8) is 0 Å². The van der Waals surface area contributed by atoms with E-state index in [0.717, 1.165) is 8.61 Å². The Hall–Kier alpha value is -1.52. The van der Waals surface area contributed by atoms with E-state index in [2.05, 4.69) is 5.32 Å². The number of carboxylic acid groups (broad SMARTS) is 1. The van der Waals surface area contributed by atoms with E-state index in [1.165, 1.54) is 20.9 Å². The van der Waals surface area contributed by atoms with Gasteiger partial charge in [-0.05, 0) is 13.8 Å². The smallest absolute Gasteiger partial charge is 0.304 e. The van der Waals surface area contributed by atoms with Gasteiger partial charge in [-0.25, -0.2) is 0 Å². The lowest BCUT2D eigenvalue weighted by molar-refractivity contribution is -0.141. The van der Waals surface area contributed by atoms with Crippen molar-refractivity contribution < 1.29 is 27.9 Å². The Morgan fingerprint density at radius 1 is 1.45 bits per heavy atom. The van der Waals surface area contributed by atoms with Crippen molar-refractivity contribution in [1.82, 2.24) is 13.9 Å². The van der Waals surface area contributed by atoms with Crippen LogP contribution >= 0.6 is 0 Å². The van der Waals surface area contributed by atoms with Crippen LogP contribution < -0.4 is 5.32 Å². The molecule has 1 aliphatic heterocycles. The van der Waals surface area contributed by atoms with E-state index in [1.807, 2.05) is 0 Å². The molecule has 0 unspecified atom stereocenters. The highest BCUT2D eigenvalue weighted by atomic mass is 32.2. The molecule has 10 heteroatoms. The number of amides is 2. The molecule has 1 saturated heterocycles. The van der Waals surface area contributed by atoms with E-state index in [1.54, 1.807) is 0 Å². The third-order valence-electron chi connectivity index (χ3n) is 3.03. The monoisotopic (exact) mass is 307 g/mol. The van der Waals surface area contributed by atoms with E-state index in [9.17, 15) is 22.8 Å². The average Bonchev–Trinajstić information content (AvgIpc) is 2.30. The minimum Gasteiger partial charge on any atom is -0.481 e. The van der Waals surface area contributed by atoms with Crippen LogP contribution in [0.2, 0.25) is 0 Å². The van der Waals surface area contributed by atoms with E-state index in [4.69, 9.17) is 5.11 Å². The van der Waals surface area contributed by atoms with Gasteiger partial charge in [0.2, 0.25) is 11.8 Å². The molecule has 0 aliphatic carbocycles. The van der Waals surface area contributed by atoms with Crippen molar-refractivity contribution in [2.24, 2.45) is 0 Å². The number of piperazine rings is 1. The van der Waals surface area contributed by atoms with E-state index in [-0.39, 0.29) is 13.0 Å². The van der Waals surface area contributed by atoms with Gasteiger partial charge in [-0.15, -0.1) is 0 Å². The summed E-state index contributed by atoms with van der Waals surface area (Å²) in [7, 11) is -2.91. The lowest BCUT2D eigenvalue weighted by atomic mass is 10.0. The standard InChI is InChI=1S/C10H17N3O6S/c1-10(2)9(17)11-7(14)6-13(10)20(18,19)12(3)5-4-8(15)16/h4-6H2,1-3H3,(H,15,16)(H,11,14,17). The van der Waals surface area contributed by atoms with E-state index < -0.39 is 40.1 Å². The molecular formula is C10H17N3O6S. The molecule has 1 rings (SSSR count). The van der Waals surface area contributed by atoms with Gasteiger partial charge in [-0.1, -0.05) is 0 Å². The molecule has 114 valence electrons. The summed E-state index contributed by atoms with van der Waals surface area (Å²) >= 11 is 0. The molecule has 2 N–H and O–H groups in total. The van der Waals surface area contributed by atoms with Gasteiger partial charge in [-0.3, -0.25) is 19.7 Å². The number of nitrogens with zero attached hydrogens (tertiary/aromatic N) is 2. The molecule has 0 aromatic rings. The minimum absolute atomic E-state index is 0.250. The van der Waals surface area contributed by atoms with Crippen molar-refractivity contribution in [3.8, 4) is 0 Å². The van der Waals surface area contributed by atoms with E-state index >= 15 is 0 Å². The van der Waals surface area contributed by atoms with Gasteiger partial charge in [0.25, 0.3) is 10.2 Å². The van der Waals surface area contributed by atoms with Crippen molar-refractivity contribution in [2.45, 2.75) is 25.8 Å². The molecule has 20 heavy (non-hydrogen) atoms. The number of nitrogens with one attached hydrogen (secondary N) is 1. The van der Waals surface area contributed by atoms with Crippen LogP contribution in [-0.2, 0) is 24.6 Å². The Bertz CT molecular complexity index is 541. The molecule has 1 heterocycles. The third kappa shape index (κ3) is 3.14. The highest BCUT2D eigenvalue weighted by Crippen LogP contribution is 2.23. The molecule has 0 aromatic carbocycles. The first-order chi connectivity index (χ1) is 8.99. The Balaban J connectivity index is 3.03. The predicted molar refractivity (Wildman–Crippen MR) is 67.7 cm³/mol. The van der Waals surface area contributed by atoms with Crippen molar-refractivity contribution >= 4 is 28.0 Å². The van der Waals surface area contributed by atoms with Gasteiger partial charge in [0.15, 0.2) is 0 Å². The number of carbonyl (C=O) groups excluding carboxylic acids is 2. The predicted octanol–water partition coefficient (Wildman–Crippen LogP) is -1.63. The summed E-state index contributed by atoms with van der Waals surface area (Å²) < 4.78 is 26.2. The summed E-state index contributed by atoms with van der Waals surface area (Å²) in [6, 6.07) is 0. The van der Waals surface area contributed by atoms with Crippen LogP contribution in [0.5, 0.6) is 0 Å². The Kier molecular flexibility index (Phi) is 4.52. The second kappa shape index (κ2) is 5.46. The summed E-state index contributed by atoms with van der Waals surface area (Å²) in [6.07, 6.45) is -0.371. The zero-order valence-electron chi connectivity index (χ0n) is 11.4. The van der Waals surface area contributed by atoms with Gasteiger partial charge < -0.3 is 5.11 Å². The van der Waals surface area contributed by atoms with Crippen molar-refractivity contribution in [2.75, 3.05) is 20.1 Å². The van der Waals surface area contributed by atoms with Crippen molar-refractivity contribution in [1.29, 1.82) is 0 Å².